The fraction of sp³-hybridized carbons (Fsp3) is 0.182. The lowest BCUT2D eigenvalue weighted by Crippen LogP contribution is -2.25. The number of nitrogens with zero attached hydrogens (tertiary/aromatic N) is 1. The van der Waals surface area contributed by atoms with Crippen molar-refractivity contribution in [2.75, 3.05) is 18.4 Å². The van der Waals surface area contributed by atoms with Crippen molar-refractivity contribution in [3.05, 3.63) is 94.4 Å². The Hall–Kier alpha value is -2.92. The second-order valence-corrected chi connectivity index (χ2v) is 6.80. The van der Waals surface area contributed by atoms with Crippen molar-refractivity contribution in [3.8, 4) is 0 Å². The second kappa shape index (κ2) is 9.85. The van der Waals surface area contributed by atoms with E-state index in [1.807, 2.05) is 24.3 Å². The van der Waals surface area contributed by atoms with Gasteiger partial charge in [-0.15, -0.1) is 0 Å². The Morgan fingerprint density at radius 2 is 1.57 bits per heavy atom. The summed E-state index contributed by atoms with van der Waals surface area (Å²) in [5.74, 6) is 0.249. The molecule has 1 aromatic heterocycles. The van der Waals surface area contributed by atoms with Crippen LogP contribution in [0.3, 0.4) is 0 Å². The van der Waals surface area contributed by atoms with Crippen LogP contribution in [-0.2, 0) is 12.8 Å². The number of carbonyl (C=O) groups excluding carboxylic acids is 1. The van der Waals surface area contributed by atoms with Crippen molar-refractivity contribution < 1.29 is 9.18 Å². The zero-order valence-corrected chi connectivity index (χ0v) is 16.0. The number of pyridine rings is 1. The van der Waals surface area contributed by atoms with Gasteiger partial charge in [-0.05, 0) is 60.4 Å². The molecule has 0 spiro atoms. The van der Waals surface area contributed by atoms with Gasteiger partial charge in [-0.3, -0.25) is 4.79 Å². The summed E-state index contributed by atoms with van der Waals surface area (Å²) in [6, 6.07) is 17.4. The molecule has 0 saturated heterocycles. The SMILES string of the molecule is O=C(NCCc1ccc(Cl)cc1)c1ccnc(NCCc2ccc(F)cc2)c1. The number of carbonyl (C=O) groups is 1. The fourth-order valence-electron chi connectivity index (χ4n) is 2.73. The topological polar surface area (TPSA) is 54.0 Å². The maximum atomic E-state index is 12.9. The number of rotatable bonds is 8. The van der Waals surface area contributed by atoms with Crippen molar-refractivity contribution in [1.29, 1.82) is 0 Å². The van der Waals surface area contributed by atoms with Crippen molar-refractivity contribution in [3.63, 3.8) is 0 Å². The van der Waals surface area contributed by atoms with Crippen molar-refractivity contribution in [2.45, 2.75) is 12.8 Å². The van der Waals surface area contributed by atoms with Crippen molar-refractivity contribution >= 4 is 23.3 Å². The molecule has 0 aliphatic heterocycles. The summed E-state index contributed by atoms with van der Waals surface area (Å²) in [5, 5.41) is 6.80. The molecule has 3 aromatic rings. The van der Waals surface area contributed by atoms with E-state index in [9.17, 15) is 9.18 Å². The molecule has 0 saturated carbocycles. The molecule has 0 aliphatic carbocycles. The van der Waals surface area contributed by atoms with Crippen LogP contribution in [0.2, 0.25) is 5.02 Å². The molecule has 1 amide bonds. The number of halogens is 2. The van der Waals surface area contributed by atoms with Gasteiger partial charge in [0, 0.05) is 29.9 Å². The number of anilines is 1. The first-order chi connectivity index (χ1) is 13.6. The number of hydrogen-bond donors (Lipinski definition) is 2. The summed E-state index contributed by atoms with van der Waals surface area (Å²) in [6.07, 6.45) is 3.07. The van der Waals surface area contributed by atoms with Crippen LogP contribution in [0.25, 0.3) is 0 Å². The summed E-state index contributed by atoms with van der Waals surface area (Å²) in [6.45, 7) is 1.18. The maximum Gasteiger partial charge on any atom is 0.251 e. The van der Waals surface area contributed by atoms with Crippen molar-refractivity contribution in [1.82, 2.24) is 10.3 Å². The molecule has 0 unspecified atom stereocenters. The molecule has 28 heavy (non-hydrogen) atoms. The number of hydrogen-bond acceptors (Lipinski definition) is 3. The van der Waals surface area contributed by atoms with Crippen LogP contribution in [0.5, 0.6) is 0 Å². The average Bonchev–Trinajstić information content (AvgIpc) is 2.71. The van der Waals surface area contributed by atoms with Crippen molar-refractivity contribution in [2.24, 2.45) is 0 Å². The molecule has 3 rings (SSSR count). The first kappa shape index (κ1) is 19.8. The third-order valence-electron chi connectivity index (χ3n) is 4.27. The zero-order chi connectivity index (χ0) is 19.8. The highest BCUT2D eigenvalue weighted by atomic mass is 35.5. The lowest BCUT2D eigenvalue weighted by Gasteiger charge is -2.09. The predicted molar refractivity (Wildman–Crippen MR) is 110 cm³/mol. The third kappa shape index (κ3) is 6.06. The van der Waals surface area contributed by atoms with E-state index in [0.717, 1.165) is 24.0 Å². The van der Waals surface area contributed by atoms with Gasteiger partial charge in [-0.25, -0.2) is 9.37 Å². The van der Waals surface area contributed by atoms with E-state index >= 15 is 0 Å². The van der Waals surface area contributed by atoms with E-state index in [1.54, 1.807) is 30.5 Å². The summed E-state index contributed by atoms with van der Waals surface area (Å²) in [5.41, 5.74) is 2.70. The van der Waals surface area contributed by atoms with Gasteiger partial charge in [0.15, 0.2) is 0 Å². The Kier molecular flexibility index (Phi) is 6.98. The second-order valence-electron chi connectivity index (χ2n) is 6.37. The van der Waals surface area contributed by atoms with E-state index in [-0.39, 0.29) is 11.7 Å². The van der Waals surface area contributed by atoms with Gasteiger partial charge < -0.3 is 10.6 Å². The molecule has 0 bridgehead atoms. The Bertz CT molecular complexity index is 914. The largest absolute Gasteiger partial charge is 0.370 e. The minimum Gasteiger partial charge on any atom is -0.370 e. The Labute approximate surface area is 168 Å². The predicted octanol–water partition coefficient (Wildman–Crippen LogP) is 4.50. The van der Waals surface area contributed by atoms with Crippen LogP contribution < -0.4 is 10.6 Å². The molecule has 0 radical (unpaired) electrons. The molecule has 144 valence electrons. The van der Waals surface area contributed by atoms with Gasteiger partial charge in [0.2, 0.25) is 0 Å². The number of nitrogens with one attached hydrogen (secondary N) is 2. The van der Waals surface area contributed by atoms with Gasteiger partial charge in [0.05, 0.1) is 0 Å². The van der Waals surface area contributed by atoms with Gasteiger partial charge in [0.25, 0.3) is 5.91 Å². The molecule has 4 nitrogen and oxygen atoms in total. The summed E-state index contributed by atoms with van der Waals surface area (Å²) in [4.78, 5) is 16.6. The average molecular weight is 398 g/mol. The van der Waals surface area contributed by atoms with E-state index in [1.165, 1.54) is 12.1 Å². The fourth-order valence-corrected chi connectivity index (χ4v) is 2.85. The molecular weight excluding hydrogens is 377 g/mol. The Morgan fingerprint density at radius 3 is 2.29 bits per heavy atom. The van der Waals surface area contributed by atoms with Gasteiger partial charge in [-0.1, -0.05) is 35.9 Å². The van der Waals surface area contributed by atoms with Gasteiger partial charge >= 0.3 is 0 Å². The summed E-state index contributed by atoms with van der Waals surface area (Å²) in [7, 11) is 0. The number of aromatic nitrogens is 1. The minimum atomic E-state index is -0.242. The third-order valence-corrected chi connectivity index (χ3v) is 4.52. The first-order valence-corrected chi connectivity index (χ1v) is 9.45. The van der Waals surface area contributed by atoms with Crippen LogP contribution in [0.15, 0.2) is 66.9 Å². The van der Waals surface area contributed by atoms with Crippen LogP contribution in [0.1, 0.15) is 21.5 Å². The zero-order valence-electron chi connectivity index (χ0n) is 15.3. The minimum absolute atomic E-state index is 0.141. The van der Waals surface area contributed by atoms with Crippen LogP contribution in [0, 0.1) is 5.82 Å². The van der Waals surface area contributed by atoms with Crippen LogP contribution in [0.4, 0.5) is 10.2 Å². The molecule has 2 aromatic carbocycles. The number of amides is 1. The maximum absolute atomic E-state index is 12.9. The number of benzene rings is 2. The molecule has 0 atom stereocenters. The van der Waals surface area contributed by atoms with E-state index in [0.29, 0.717) is 29.5 Å². The quantitative estimate of drug-likeness (QED) is 0.588. The Morgan fingerprint density at radius 1 is 0.929 bits per heavy atom. The van der Waals surface area contributed by atoms with Gasteiger partial charge in [-0.2, -0.15) is 0 Å². The van der Waals surface area contributed by atoms with Crippen LogP contribution in [-0.4, -0.2) is 24.0 Å². The monoisotopic (exact) mass is 397 g/mol. The smallest absolute Gasteiger partial charge is 0.251 e. The molecule has 0 aliphatic rings. The first-order valence-electron chi connectivity index (χ1n) is 9.07. The van der Waals surface area contributed by atoms with E-state index in [2.05, 4.69) is 15.6 Å². The normalized spacial score (nSPS) is 10.5. The molecule has 1 heterocycles. The molecular formula is C22H21ClFN3O. The highest BCUT2D eigenvalue weighted by Crippen LogP contribution is 2.10. The van der Waals surface area contributed by atoms with Crippen LogP contribution >= 0.6 is 11.6 Å². The van der Waals surface area contributed by atoms with E-state index < -0.39 is 0 Å². The summed E-state index contributed by atoms with van der Waals surface area (Å²) >= 11 is 5.87. The Balaban J connectivity index is 1.46. The van der Waals surface area contributed by atoms with Gasteiger partial charge in [0.1, 0.15) is 11.6 Å². The molecule has 6 heteroatoms. The summed E-state index contributed by atoms with van der Waals surface area (Å²) < 4.78 is 12.9. The molecule has 0 fully saturated rings. The van der Waals surface area contributed by atoms with E-state index in [4.69, 9.17) is 11.6 Å². The standard InChI is InChI=1S/C22H21ClFN3O/c23-19-5-1-16(2-6-19)10-13-27-22(28)18-11-14-26-21(15-18)25-12-9-17-3-7-20(24)8-4-17/h1-8,11,14-15H,9-10,12-13H2,(H,25,26)(H,27,28). The molecule has 2 N–H and O–H groups in total. The lowest BCUT2D eigenvalue weighted by molar-refractivity contribution is 0.0954. The highest BCUT2D eigenvalue weighted by Gasteiger charge is 2.07. The highest BCUT2D eigenvalue weighted by molar-refractivity contribution is 6.30. The lowest BCUT2D eigenvalue weighted by atomic mass is 10.1.